The number of benzene rings is 5. The third-order valence-electron chi connectivity index (χ3n) is 10.4. The maximum Gasteiger partial charge on any atom is 0.128 e. The first-order valence-electron chi connectivity index (χ1n) is 17.8. The molecule has 2 nitrogen and oxygen atoms in total. The van der Waals surface area contributed by atoms with Crippen LogP contribution in [0.5, 0.6) is 0 Å². The normalized spacial score (nSPS) is 12.3. The van der Waals surface area contributed by atoms with Gasteiger partial charge in [0.1, 0.15) is 11.2 Å². The molecule has 0 aliphatic carbocycles. The largest absolute Gasteiger partial charge is 0.366 e. The first kappa shape index (κ1) is 36.0. The van der Waals surface area contributed by atoms with E-state index < -0.39 is 11.2 Å². The molecule has 5 aromatic carbocycles. The second-order valence-electron chi connectivity index (χ2n) is 14.2. The molecule has 0 aliphatic rings. The van der Waals surface area contributed by atoms with Crippen molar-refractivity contribution in [2.75, 3.05) is 14.2 Å². The van der Waals surface area contributed by atoms with Gasteiger partial charge in [-0.25, -0.2) is 0 Å². The molecule has 6 rings (SSSR count). The van der Waals surface area contributed by atoms with Gasteiger partial charge in [-0.05, 0) is 111 Å². The number of hydrogen-bond donors (Lipinski definition) is 0. The Hall–Kier alpha value is -3.77. The first-order chi connectivity index (χ1) is 24.0. The van der Waals surface area contributed by atoms with Crippen LogP contribution < -0.4 is 0 Å². The Balaban J connectivity index is 1.66. The first-order valence-corrected chi connectivity index (χ1v) is 19.5. The van der Waals surface area contributed by atoms with Crippen molar-refractivity contribution in [3.63, 3.8) is 0 Å². The third kappa shape index (κ3) is 6.93. The number of rotatable bonds is 8. The maximum atomic E-state index is 6.03. The van der Waals surface area contributed by atoms with E-state index in [9.17, 15) is 0 Å². The van der Waals surface area contributed by atoms with Crippen molar-refractivity contribution in [1.82, 2.24) is 0 Å². The Kier molecular flexibility index (Phi) is 10.4. The van der Waals surface area contributed by atoms with E-state index in [1.165, 1.54) is 35.5 Å². The van der Waals surface area contributed by atoms with E-state index in [-0.39, 0.29) is 5.41 Å². The fourth-order valence-electron chi connectivity index (χ4n) is 6.76. The molecule has 0 N–H and O–H groups in total. The van der Waals surface area contributed by atoms with Crippen molar-refractivity contribution in [2.24, 2.45) is 0 Å². The van der Waals surface area contributed by atoms with Gasteiger partial charge in [0.25, 0.3) is 0 Å². The molecule has 0 unspecified atom stereocenters. The summed E-state index contributed by atoms with van der Waals surface area (Å²) in [5, 5.41) is 8.07. The zero-order chi connectivity index (χ0) is 35.7. The molecular formula is C46H48O2S2. The highest BCUT2D eigenvalue weighted by Crippen LogP contribution is 2.42. The van der Waals surface area contributed by atoms with Crippen molar-refractivity contribution in [1.29, 1.82) is 0 Å². The SMILES string of the molecule is CCC(C#Cc1c2cc3ccccc3cc2c(C#CC(CC)(CC)OC)c2cc3sc(Sc4ccc(C(C)(C)C)cc4)cc3cc12)(CC)OC. The molecule has 0 spiro atoms. The standard InChI is InChI=1S/C46H48O2S2/c1-10-45(11-2,47-8)24-22-36-38-26-31-16-14-15-17-32(31)27-39(38)37(23-25-46(12-3,13-4)48-9)41-30-42-33(28-40(36)41)29-43(50-42)49-35-20-18-34(19-21-35)44(5,6)7/h14-21,26-30H,10-13H2,1-9H3. The quantitative estimate of drug-likeness (QED) is 0.117. The van der Waals surface area contributed by atoms with Crippen LogP contribution in [0.2, 0.25) is 0 Å². The summed E-state index contributed by atoms with van der Waals surface area (Å²) < 4.78 is 14.6. The molecule has 50 heavy (non-hydrogen) atoms. The molecule has 0 fully saturated rings. The Labute approximate surface area is 307 Å². The number of hydrogen-bond acceptors (Lipinski definition) is 4. The average Bonchev–Trinajstić information content (AvgIpc) is 3.52. The van der Waals surface area contributed by atoms with Crippen LogP contribution in [0.4, 0.5) is 0 Å². The van der Waals surface area contributed by atoms with Crippen LogP contribution in [-0.2, 0) is 14.9 Å². The van der Waals surface area contributed by atoms with Crippen molar-refractivity contribution in [3.05, 3.63) is 95.6 Å². The van der Waals surface area contributed by atoms with Crippen molar-refractivity contribution in [3.8, 4) is 23.7 Å². The summed E-state index contributed by atoms with van der Waals surface area (Å²) in [5.41, 5.74) is 2.52. The van der Waals surface area contributed by atoms with Crippen molar-refractivity contribution < 1.29 is 9.47 Å². The highest BCUT2D eigenvalue weighted by Gasteiger charge is 2.25. The van der Waals surface area contributed by atoms with Crippen molar-refractivity contribution >= 4 is 65.5 Å². The zero-order valence-electron chi connectivity index (χ0n) is 31.0. The minimum atomic E-state index is -0.507. The van der Waals surface area contributed by atoms with E-state index in [1.54, 1.807) is 14.2 Å². The van der Waals surface area contributed by atoms with E-state index in [4.69, 9.17) is 9.47 Å². The van der Waals surface area contributed by atoms with E-state index in [1.807, 2.05) is 23.1 Å². The number of thiophene rings is 1. The zero-order valence-corrected chi connectivity index (χ0v) is 32.6. The van der Waals surface area contributed by atoms with Crippen LogP contribution in [-0.4, -0.2) is 25.4 Å². The third-order valence-corrected chi connectivity index (χ3v) is 12.7. The van der Waals surface area contributed by atoms with E-state index >= 15 is 0 Å². The van der Waals surface area contributed by atoms with Gasteiger partial charge in [0, 0.05) is 40.3 Å². The summed E-state index contributed by atoms with van der Waals surface area (Å²) in [7, 11) is 3.55. The van der Waals surface area contributed by atoms with Crippen LogP contribution in [0, 0.1) is 23.7 Å². The Morgan fingerprint density at radius 3 is 1.50 bits per heavy atom. The predicted molar refractivity (Wildman–Crippen MR) is 218 cm³/mol. The van der Waals surface area contributed by atoms with Crippen LogP contribution in [0.1, 0.15) is 90.8 Å². The Morgan fingerprint density at radius 1 is 0.600 bits per heavy atom. The van der Waals surface area contributed by atoms with Gasteiger partial charge in [-0.1, -0.05) is 120 Å². The van der Waals surface area contributed by atoms with Gasteiger partial charge in [-0.15, -0.1) is 11.3 Å². The van der Waals surface area contributed by atoms with Gasteiger partial charge < -0.3 is 9.47 Å². The topological polar surface area (TPSA) is 18.5 Å². The van der Waals surface area contributed by atoms with Gasteiger partial charge >= 0.3 is 0 Å². The van der Waals surface area contributed by atoms with Gasteiger partial charge in [-0.3, -0.25) is 0 Å². The Morgan fingerprint density at radius 2 is 1.06 bits per heavy atom. The van der Waals surface area contributed by atoms with Crippen LogP contribution in [0.3, 0.4) is 0 Å². The summed E-state index contributed by atoms with van der Waals surface area (Å²) in [6.45, 7) is 15.4. The van der Waals surface area contributed by atoms with Gasteiger partial charge in [0.2, 0.25) is 0 Å². The minimum Gasteiger partial charge on any atom is -0.366 e. The predicted octanol–water partition coefficient (Wildman–Crippen LogP) is 12.9. The van der Waals surface area contributed by atoms with Gasteiger partial charge in [0.05, 0.1) is 4.21 Å². The molecular weight excluding hydrogens is 649 g/mol. The van der Waals surface area contributed by atoms with Crippen LogP contribution in [0.15, 0.2) is 88.0 Å². The number of fused-ring (bicyclic) bond motifs is 4. The highest BCUT2D eigenvalue weighted by atomic mass is 32.2. The second kappa shape index (κ2) is 14.5. The molecule has 256 valence electrons. The van der Waals surface area contributed by atoms with E-state index in [0.717, 1.165) is 58.4 Å². The smallest absolute Gasteiger partial charge is 0.128 e. The molecule has 0 atom stereocenters. The molecule has 0 bridgehead atoms. The Bertz CT molecular complexity index is 2160. The molecule has 6 aromatic rings. The maximum absolute atomic E-state index is 6.03. The molecule has 0 radical (unpaired) electrons. The molecule has 0 amide bonds. The second-order valence-corrected chi connectivity index (χ2v) is 16.6. The molecule has 0 saturated carbocycles. The monoisotopic (exact) mass is 696 g/mol. The summed E-state index contributed by atoms with van der Waals surface area (Å²) in [4.78, 5) is 1.25. The van der Waals surface area contributed by atoms with E-state index in [0.29, 0.717) is 0 Å². The summed E-state index contributed by atoms with van der Waals surface area (Å²) in [5.74, 6) is 14.6. The molecule has 4 heteroatoms. The van der Waals surface area contributed by atoms with Crippen LogP contribution in [0.25, 0.3) is 42.4 Å². The van der Waals surface area contributed by atoms with Crippen molar-refractivity contribution in [2.45, 2.75) is 99.9 Å². The van der Waals surface area contributed by atoms with E-state index in [2.05, 4.69) is 151 Å². The fourth-order valence-corrected chi connectivity index (χ4v) is 9.00. The van der Waals surface area contributed by atoms with Gasteiger partial charge in [-0.2, -0.15) is 0 Å². The number of ether oxygens (including phenoxy) is 2. The average molecular weight is 697 g/mol. The van der Waals surface area contributed by atoms with Crippen LogP contribution >= 0.6 is 23.1 Å². The lowest BCUT2D eigenvalue weighted by Gasteiger charge is -2.24. The molecule has 0 saturated heterocycles. The highest BCUT2D eigenvalue weighted by molar-refractivity contribution is 8.01. The molecule has 0 aliphatic heterocycles. The minimum absolute atomic E-state index is 0.131. The summed E-state index contributed by atoms with van der Waals surface area (Å²) >= 11 is 3.67. The summed E-state index contributed by atoms with van der Waals surface area (Å²) in [6.07, 6.45) is 3.26. The summed E-state index contributed by atoms with van der Waals surface area (Å²) in [6, 6.07) is 29.2. The lowest BCUT2D eigenvalue weighted by Crippen LogP contribution is -2.27. The van der Waals surface area contributed by atoms with Gasteiger partial charge in [0.15, 0.2) is 0 Å². The molecule has 1 aromatic heterocycles. The number of methoxy groups -OCH3 is 2. The molecule has 1 heterocycles. The lowest BCUT2D eigenvalue weighted by molar-refractivity contribution is 0.0344. The fraction of sp³-hybridized carbons (Fsp3) is 0.348. The lowest BCUT2D eigenvalue weighted by atomic mass is 9.87.